The van der Waals surface area contributed by atoms with Crippen molar-refractivity contribution in [3.8, 4) is 23.2 Å². The third-order valence-electron chi connectivity index (χ3n) is 3.67. The Hall–Kier alpha value is -3.92. The van der Waals surface area contributed by atoms with Gasteiger partial charge in [-0.15, -0.1) is 0 Å². The van der Waals surface area contributed by atoms with E-state index in [1.165, 1.54) is 6.08 Å². The zero-order valence-electron chi connectivity index (χ0n) is 15.2. The summed E-state index contributed by atoms with van der Waals surface area (Å²) in [6.45, 7) is 2.23. The second kappa shape index (κ2) is 9.14. The molecule has 0 saturated carbocycles. The van der Waals surface area contributed by atoms with E-state index in [-0.39, 0.29) is 18.1 Å². The molecule has 0 spiro atoms. The molecule has 140 valence electrons. The summed E-state index contributed by atoms with van der Waals surface area (Å²) in [7, 11) is 0. The van der Waals surface area contributed by atoms with Gasteiger partial charge in [0.2, 0.25) is 5.82 Å². The molecule has 7 nitrogen and oxygen atoms in total. The van der Waals surface area contributed by atoms with Crippen molar-refractivity contribution in [1.29, 1.82) is 5.26 Å². The van der Waals surface area contributed by atoms with Gasteiger partial charge in [0.15, 0.2) is 6.61 Å². The van der Waals surface area contributed by atoms with Gasteiger partial charge in [-0.3, -0.25) is 0 Å². The molecule has 2 aromatic carbocycles. The monoisotopic (exact) mass is 375 g/mol. The predicted octanol–water partition coefficient (Wildman–Crippen LogP) is 3.79. The van der Waals surface area contributed by atoms with Gasteiger partial charge in [-0.2, -0.15) is 10.2 Å². The van der Waals surface area contributed by atoms with Gasteiger partial charge in [0.1, 0.15) is 17.4 Å². The fourth-order valence-electron chi connectivity index (χ4n) is 2.35. The first-order valence-electron chi connectivity index (χ1n) is 8.59. The van der Waals surface area contributed by atoms with Crippen LogP contribution in [0, 0.1) is 11.3 Å². The van der Waals surface area contributed by atoms with Gasteiger partial charge in [-0.05, 0) is 30.7 Å². The second-order valence-corrected chi connectivity index (χ2v) is 5.63. The standard InChI is InChI=1S/C21H17N3O4/c1-2-26-18-10-8-15(9-11-18)12-17(13-22)21(25)27-14-19-23-20(24-28-19)16-6-4-3-5-7-16/h3-12H,2,14H2,1H3/b17-12+. The van der Waals surface area contributed by atoms with Crippen molar-refractivity contribution in [3.63, 3.8) is 0 Å². The first-order valence-corrected chi connectivity index (χ1v) is 8.59. The molecule has 0 bridgehead atoms. The number of hydrogen-bond donors (Lipinski definition) is 0. The average molecular weight is 375 g/mol. The van der Waals surface area contributed by atoms with E-state index in [4.69, 9.17) is 14.0 Å². The highest BCUT2D eigenvalue weighted by molar-refractivity contribution is 5.97. The molecule has 0 aliphatic rings. The maximum Gasteiger partial charge on any atom is 0.349 e. The Balaban J connectivity index is 1.63. The van der Waals surface area contributed by atoms with Crippen molar-refractivity contribution in [3.05, 3.63) is 71.6 Å². The second-order valence-electron chi connectivity index (χ2n) is 5.63. The van der Waals surface area contributed by atoms with Crippen molar-refractivity contribution in [2.75, 3.05) is 6.61 Å². The van der Waals surface area contributed by atoms with Crippen LogP contribution in [-0.4, -0.2) is 22.7 Å². The van der Waals surface area contributed by atoms with E-state index in [9.17, 15) is 10.1 Å². The molecule has 3 aromatic rings. The van der Waals surface area contributed by atoms with Gasteiger partial charge >= 0.3 is 5.97 Å². The lowest BCUT2D eigenvalue weighted by molar-refractivity contribution is -0.140. The normalized spacial score (nSPS) is 10.9. The molecule has 0 aliphatic carbocycles. The summed E-state index contributed by atoms with van der Waals surface area (Å²) in [4.78, 5) is 16.3. The van der Waals surface area contributed by atoms with Crippen LogP contribution in [0.4, 0.5) is 0 Å². The average Bonchev–Trinajstić information content (AvgIpc) is 3.21. The van der Waals surface area contributed by atoms with E-state index >= 15 is 0 Å². The Bertz CT molecular complexity index is 1000. The molecule has 7 heteroatoms. The number of carbonyl (C=O) groups is 1. The van der Waals surface area contributed by atoms with Crippen LogP contribution < -0.4 is 4.74 Å². The Morgan fingerprint density at radius 3 is 2.61 bits per heavy atom. The number of hydrogen-bond acceptors (Lipinski definition) is 7. The number of carbonyl (C=O) groups excluding carboxylic acids is 1. The maximum atomic E-state index is 12.2. The minimum Gasteiger partial charge on any atom is -0.494 e. The molecule has 0 N–H and O–H groups in total. The fraction of sp³-hybridized carbons (Fsp3) is 0.143. The van der Waals surface area contributed by atoms with Gasteiger partial charge in [0.25, 0.3) is 5.89 Å². The first kappa shape index (κ1) is 18.9. The summed E-state index contributed by atoms with van der Waals surface area (Å²) >= 11 is 0. The largest absolute Gasteiger partial charge is 0.494 e. The van der Waals surface area contributed by atoms with Crippen molar-refractivity contribution < 1.29 is 18.8 Å². The van der Waals surface area contributed by atoms with Crippen LogP contribution in [-0.2, 0) is 16.1 Å². The molecular formula is C21H17N3O4. The van der Waals surface area contributed by atoms with E-state index < -0.39 is 5.97 Å². The van der Waals surface area contributed by atoms with Gasteiger partial charge in [-0.25, -0.2) is 4.79 Å². The fourth-order valence-corrected chi connectivity index (χ4v) is 2.35. The lowest BCUT2D eigenvalue weighted by Gasteiger charge is -2.03. The number of esters is 1. The van der Waals surface area contributed by atoms with Crippen LogP contribution in [0.25, 0.3) is 17.5 Å². The quantitative estimate of drug-likeness (QED) is 0.352. The van der Waals surface area contributed by atoms with Crippen molar-refractivity contribution >= 4 is 12.0 Å². The predicted molar refractivity (Wildman–Crippen MR) is 101 cm³/mol. The summed E-state index contributed by atoms with van der Waals surface area (Å²) in [6, 6.07) is 18.2. The van der Waals surface area contributed by atoms with E-state index in [1.54, 1.807) is 24.3 Å². The number of nitrogens with zero attached hydrogens (tertiary/aromatic N) is 3. The zero-order chi connectivity index (χ0) is 19.8. The number of aromatic nitrogens is 2. The molecule has 0 fully saturated rings. The highest BCUT2D eigenvalue weighted by atomic mass is 16.6. The Morgan fingerprint density at radius 1 is 1.18 bits per heavy atom. The smallest absolute Gasteiger partial charge is 0.349 e. The number of ether oxygens (including phenoxy) is 2. The van der Waals surface area contributed by atoms with Crippen LogP contribution >= 0.6 is 0 Å². The third kappa shape index (κ3) is 4.83. The number of benzene rings is 2. The molecule has 0 saturated heterocycles. The summed E-state index contributed by atoms with van der Waals surface area (Å²) in [6.07, 6.45) is 1.45. The Labute approximate surface area is 161 Å². The van der Waals surface area contributed by atoms with Crippen LogP contribution in [0.1, 0.15) is 18.4 Å². The topological polar surface area (TPSA) is 98.2 Å². The van der Waals surface area contributed by atoms with Crippen molar-refractivity contribution in [2.24, 2.45) is 0 Å². The van der Waals surface area contributed by atoms with Crippen LogP contribution in [0.15, 0.2) is 64.7 Å². The maximum absolute atomic E-state index is 12.2. The first-order chi connectivity index (χ1) is 13.7. The summed E-state index contributed by atoms with van der Waals surface area (Å²) in [5, 5.41) is 13.1. The van der Waals surface area contributed by atoms with Crippen molar-refractivity contribution in [1.82, 2.24) is 10.1 Å². The van der Waals surface area contributed by atoms with E-state index in [0.717, 1.165) is 5.56 Å². The number of rotatable bonds is 7. The van der Waals surface area contributed by atoms with Gasteiger partial charge in [-0.1, -0.05) is 47.6 Å². The minimum atomic E-state index is -0.768. The SMILES string of the molecule is CCOc1ccc(/C=C(\C#N)C(=O)OCc2nc(-c3ccccc3)no2)cc1. The summed E-state index contributed by atoms with van der Waals surface area (Å²) in [5.74, 6) is 0.491. The van der Waals surface area contributed by atoms with Crippen molar-refractivity contribution in [2.45, 2.75) is 13.5 Å². The lowest BCUT2D eigenvalue weighted by atomic mass is 10.1. The molecule has 0 radical (unpaired) electrons. The molecule has 28 heavy (non-hydrogen) atoms. The van der Waals surface area contributed by atoms with E-state index in [0.29, 0.717) is 23.7 Å². The summed E-state index contributed by atoms with van der Waals surface area (Å²) in [5.41, 5.74) is 1.34. The third-order valence-corrected chi connectivity index (χ3v) is 3.67. The molecule has 0 amide bonds. The highest BCUT2D eigenvalue weighted by Gasteiger charge is 2.14. The Kier molecular flexibility index (Phi) is 6.16. The van der Waals surface area contributed by atoms with Crippen LogP contribution in [0.3, 0.4) is 0 Å². The van der Waals surface area contributed by atoms with Crippen LogP contribution in [0.2, 0.25) is 0 Å². The molecule has 3 rings (SSSR count). The van der Waals surface area contributed by atoms with Gasteiger partial charge in [0, 0.05) is 5.56 Å². The molecular weight excluding hydrogens is 358 g/mol. The molecule has 0 aliphatic heterocycles. The molecule has 0 unspecified atom stereocenters. The van der Waals surface area contributed by atoms with Gasteiger partial charge < -0.3 is 14.0 Å². The summed E-state index contributed by atoms with van der Waals surface area (Å²) < 4.78 is 15.6. The van der Waals surface area contributed by atoms with Gasteiger partial charge in [0.05, 0.1) is 6.61 Å². The minimum absolute atomic E-state index is 0.132. The molecule has 1 heterocycles. The molecule has 1 aromatic heterocycles. The van der Waals surface area contributed by atoms with Crippen LogP contribution in [0.5, 0.6) is 5.75 Å². The highest BCUT2D eigenvalue weighted by Crippen LogP contribution is 2.17. The lowest BCUT2D eigenvalue weighted by Crippen LogP contribution is -2.07. The Morgan fingerprint density at radius 2 is 1.93 bits per heavy atom. The van der Waals surface area contributed by atoms with E-state index in [1.807, 2.05) is 43.3 Å². The molecule has 0 atom stereocenters. The van der Waals surface area contributed by atoms with E-state index in [2.05, 4.69) is 10.1 Å². The number of nitriles is 1. The zero-order valence-corrected chi connectivity index (χ0v) is 15.2.